The van der Waals surface area contributed by atoms with E-state index in [1.807, 2.05) is 0 Å². The smallest absolute Gasteiger partial charge is 0.0371 e. The van der Waals surface area contributed by atoms with E-state index >= 15 is 0 Å². The maximum atomic E-state index is 2.43. The van der Waals surface area contributed by atoms with E-state index in [9.17, 15) is 0 Å². The van der Waals surface area contributed by atoms with Gasteiger partial charge in [-0.05, 0) is 5.92 Å². The third-order valence-corrected chi connectivity index (χ3v) is 4.21. The van der Waals surface area contributed by atoms with Crippen LogP contribution in [0.2, 0.25) is 19.6 Å². The molecule has 0 N–H and O–H groups in total. The summed E-state index contributed by atoms with van der Waals surface area (Å²) < 4.78 is 0. The molecule has 0 heterocycles. The van der Waals surface area contributed by atoms with E-state index in [2.05, 4.69) is 62.1 Å². The normalized spacial score (nSPS) is 13.7. The predicted octanol–water partition coefficient (Wildman–Crippen LogP) is -1.96. The van der Waals surface area contributed by atoms with Crippen LogP contribution in [-0.4, -0.2) is 8.07 Å². The second-order valence-corrected chi connectivity index (χ2v) is 11.0. The van der Waals surface area contributed by atoms with Gasteiger partial charge in [-0.2, -0.15) is 17.2 Å². The van der Waals surface area contributed by atoms with Crippen LogP contribution in [0.4, 0.5) is 0 Å². The van der Waals surface area contributed by atoms with Gasteiger partial charge in [0.15, 0.2) is 0 Å². The molecule has 0 aliphatic heterocycles. The average Bonchev–Trinajstić information content (AvgIpc) is 2.68. The van der Waals surface area contributed by atoms with Gasteiger partial charge in [0, 0.05) is 33.9 Å². The van der Waals surface area contributed by atoms with Crippen LogP contribution in [-0.2, 0) is 31.9 Å². The predicted molar refractivity (Wildman–Crippen MR) is 70.1 cm³/mol. The third kappa shape index (κ3) is 5.64. The standard InChI is InChI=1S/C14H19Si.2ClH.Hf/c1-15(2,3)11-13-9-6-10-14(13)12-7-4-5-8-12;;;/h4-10,12H,11H2,1-3H3;2*1H;/q-1;;;/p-2. The summed E-state index contributed by atoms with van der Waals surface area (Å²) in [6.07, 6.45) is 8.86. The van der Waals surface area contributed by atoms with E-state index in [1.165, 1.54) is 11.6 Å². The van der Waals surface area contributed by atoms with Crippen molar-refractivity contribution in [3.8, 4) is 0 Å². The Kier molecular flexibility index (Phi) is 9.97. The Balaban J connectivity index is 0. The van der Waals surface area contributed by atoms with Crippen LogP contribution in [0.3, 0.4) is 0 Å². The summed E-state index contributed by atoms with van der Waals surface area (Å²) in [4.78, 5) is 0. The zero-order valence-corrected chi connectivity index (χ0v) is 17.2. The molecular formula is C14H19Cl2HfSi-3. The van der Waals surface area contributed by atoms with Gasteiger partial charge in [-0.1, -0.05) is 50.0 Å². The van der Waals surface area contributed by atoms with Crippen molar-refractivity contribution < 1.29 is 50.7 Å². The van der Waals surface area contributed by atoms with Gasteiger partial charge in [0.25, 0.3) is 0 Å². The van der Waals surface area contributed by atoms with Crippen molar-refractivity contribution in [2.75, 3.05) is 0 Å². The fraction of sp³-hybridized carbons (Fsp3) is 0.357. The van der Waals surface area contributed by atoms with Gasteiger partial charge in [-0.25, -0.2) is 12.1 Å². The van der Waals surface area contributed by atoms with Crippen LogP contribution in [0.1, 0.15) is 17.0 Å². The molecule has 0 atom stereocenters. The zero-order chi connectivity index (χ0) is 10.9. The van der Waals surface area contributed by atoms with Crippen LogP contribution in [0.5, 0.6) is 0 Å². The summed E-state index contributed by atoms with van der Waals surface area (Å²) >= 11 is 0. The van der Waals surface area contributed by atoms with Gasteiger partial charge in [0.2, 0.25) is 0 Å². The van der Waals surface area contributed by atoms with Gasteiger partial charge >= 0.3 is 0 Å². The van der Waals surface area contributed by atoms with Gasteiger partial charge in [0.05, 0.1) is 0 Å². The largest absolute Gasteiger partial charge is 1.00 e. The van der Waals surface area contributed by atoms with Gasteiger partial charge in [0.1, 0.15) is 0 Å². The van der Waals surface area contributed by atoms with Crippen LogP contribution in [0.25, 0.3) is 0 Å². The Morgan fingerprint density at radius 3 is 2.17 bits per heavy atom. The summed E-state index contributed by atoms with van der Waals surface area (Å²) in [5, 5.41) is 0. The molecule has 1 aromatic rings. The molecule has 0 nitrogen and oxygen atoms in total. The molecule has 0 aromatic heterocycles. The average molecular weight is 465 g/mol. The molecule has 0 saturated carbocycles. The van der Waals surface area contributed by atoms with Gasteiger partial charge < -0.3 is 24.8 Å². The molecule has 0 bridgehead atoms. The summed E-state index contributed by atoms with van der Waals surface area (Å²) in [7, 11) is -0.992. The molecule has 1 aliphatic carbocycles. The topological polar surface area (TPSA) is 0 Å². The monoisotopic (exact) mass is 465 g/mol. The van der Waals surface area contributed by atoms with Crippen molar-refractivity contribution in [1.29, 1.82) is 0 Å². The third-order valence-electron chi connectivity index (χ3n) is 2.77. The molecule has 18 heavy (non-hydrogen) atoms. The molecule has 1 aliphatic rings. The maximum absolute atomic E-state index is 2.43. The first kappa shape index (κ1) is 20.8. The molecule has 0 amide bonds. The van der Waals surface area contributed by atoms with Crippen molar-refractivity contribution in [1.82, 2.24) is 0 Å². The summed E-state index contributed by atoms with van der Waals surface area (Å²) in [5.41, 5.74) is 3.08. The van der Waals surface area contributed by atoms with Crippen LogP contribution < -0.4 is 24.8 Å². The molecule has 0 radical (unpaired) electrons. The first-order valence-electron chi connectivity index (χ1n) is 5.66. The SMILES string of the molecule is C[Si](C)(C)C[c-]1cccc1C1C=CC=C1.[Cl-].[Cl-].[Hf]. The Morgan fingerprint density at radius 2 is 1.67 bits per heavy atom. The fourth-order valence-electron chi connectivity index (χ4n) is 2.17. The maximum Gasteiger partial charge on any atom is 0.0371 e. The quantitative estimate of drug-likeness (QED) is 0.360. The Bertz CT molecular complexity index is 390. The molecule has 1 aromatic carbocycles. The summed E-state index contributed by atoms with van der Waals surface area (Å²) in [6, 6.07) is 8.08. The zero-order valence-electron chi connectivity index (χ0n) is 11.1. The first-order chi connectivity index (χ1) is 7.06. The van der Waals surface area contributed by atoms with Gasteiger partial charge in [-0.3, -0.25) is 0 Å². The Morgan fingerprint density at radius 1 is 1.11 bits per heavy atom. The molecule has 0 unspecified atom stereocenters. The van der Waals surface area contributed by atoms with E-state index in [0.29, 0.717) is 5.92 Å². The molecular weight excluding hydrogens is 446 g/mol. The Labute approximate surface area is 143 Å². The number of hydrogen-bond acceptors (Lipinski definition) is 0. The van der Waals surface area contributed by atoms with Crippen molar-refractivity contribution in [3.63, 3.8) is 0 Å². The van der Waals surface area contributed by atoms with Gasteiger partial charge in [-0.15, -0.1) is 0 Å². The van der Waals surface area contributed by atoms with Crippen LogP contribution in [0, 0.1) is 0 Å². The molecule has 4 heteroatoms. The second kappa shape index (κ2) is 8.62. The summed E-state index contributed by atoms with van der Waals surface area (Å²) in [5.74, 6) is 0.534. The second-order valence-electron chi connectivity index (χ2n) is 5.54. The molecule has 0 spiro atoms. The van der Waals surface area contributed by atoms with Crippen molar-refractivity contribution in [2.45, 2.75) is 31.6 Å². The van der Waals surface area contributed by atoms with E-state index in [1.54, 1.807) is 5.56 Å². The number of allylic oxidation sites excluding steroid dienone is 4. The van der Waals surface area contributed by atoms with Crippen molar-refractivity contribution in [3.05, 3.63) is 53.6 Å². The minimum absolute atomic E-state index is 0. The fourth-order valence-corrected chi connectivity index (χ4v) is 3.63. The van der Waals surface area contributed by atoms with E-state index in [4.69, 9.17) is 0 Å². The molecule has 0 saturated heterocycles. The Hall–Kier alpha value is 0.497. The van der Waals surface area contributed by atoms with Crippen LogP contribution in [0.15, 0.2) is 42.5 Å². The number of hydrogen-bond donors (Lipinski definition) is 0. The van der Waals surface area contributed by atoms with Crippen molar-refractivity contribution in [2.24, 2.45) is 0 Å². The summed E-state index contributed by atoms with van der Waals surface area (Å²) in [6.45, 7) is 7.30. The minimum atomic E-state index is -0.992. The van der Waals surface area contributed by atoms with E-state index in [0.717, 1.165) is 0 Å². The molecule has 100 valence electrons. The first-order valence-corrected chi connectivity index (χ1v) is 9.36. The van der Waals surface area contributed by atoms with E-state index in [-0.39, 0.29) is 50.7 Å². The van der Waals surface area contributed by atoms with Crippen LogP contribution >= 0.6 is 0 Å². The van der Waals surface area contributed by atoms with E-state index < -0.39 is 8.07 Å². The number of rotatable bonds is 3. The molecule has 0 fully saturated rings. The molecule has 2 rings (SSSR count). The number of halogens is 2. The van der Waals surface area contributed by atoms with Crippen molar-refractivity contribution >= 4 is 8.07 Å². The minimum Gasteiger partial charge on any atom is -1.00 e.